The normalized spacial score (nSPS) is 28.5. The summed E-state index contributed by atoms with van der Waals surface area (Å²) in [4.78, 5) is 4.03. The van der Waals surface area contributed by atoms with Gasteiger partial charge in [-0.25, -0.2) is 4.98 Å². The maximum atomic E-state index is 11.9. The molecule has 2 aromatic rings. The van der Waals surface area contributed by atoms with Crippen LogP contribution in [0.2, 0.25) is 5.02 Å². The molecule has 3 rings (SSSR count). The summed E-state index contributed by atoms with van der Waals surface area (Å²) in [6, 6.07) is 7.90. The lowest BCUT2D eigenvalue weighted by Crippen LogP contribution is -2.52. The van der Waals surface area contributed by atoms with Crippen molar-refractivity contribution >= 4 is 11.6 Å². The van der Waals surface area contributed by atoms with E-state index in [1.807, 2.05) is 24.3 Å². The van der Waals surface area contributed by atoms with E-state index in [1.54, 1.807) is 11.0 Å². The molecule has 3 unspecified atom stereocenters. The molecule has 1 aromatic carbocycles. The Morgan fingerprint density at radius 1 is 1.35 bits per heavy atom. The summed E-state index contributed by atoms with van der Waals surface area (Å²) >= 11 is 6.01. The highest BCUT2D eigenvalue weighted by atomic mass is 35.5. The zero-order valence-electron chi connectivity index (χ0n) is 15.6. The van der Waals surface area contributed by atoms with Gasteiger partial charge in [0, 0.05) is 17.0 Å². The lowest BCUT2D eigenvalue weighted by Gasteiger charge is -2.42. The highest BCUT2D eigenvalue weighted by Gasteiger charge is 2.57. The molecule has 5 nitrogen and oxygen atoms in total. The van der Waals surface area contributed by atoms with Gasteiger partial charge in [0.05, 0.1) is 18.8 Å². The number of nitrogens with zero attached hydrogens (tertiary/aromatic N) is 3. The number of aliphatic hydroxyl groups is 1. The van der Waals surface area contributed by atoms with Crippen LogP contribution in [0.1, 0.15) is 38.7 Å². The predicted octanol–water partition coefficient (Wildman–Crippen LogP) is 3.75. The first-order valence-corrected chi connectivity index (χ1v) is 9.71. The minimum atomic E-state index is -0.909. The molecule has 0 aliphatic heterocycles. The number of aromatic nitrogens is 3. The summed E-state index contributed by atoms with van der Waals surface area (Å²) < 4.78 is 7.61. The zero-order valence-corrected chi connectivity index (χ0v) is 16.3. The fourth-order valence-corrected chi connectivity index (χ4v) is 4.26. The maximum absolute atomic E-state index is 11.9. The molecule has 3 atom stereocenters. The number of hydrogen-bond donors (Lipinski definition) is 1. The van der Waals surface area contributed by atoms with Gasteiger partial charge in [-0.3, -0.25) is 4.68 Å². The average Bonchev–Trinajstić information content (AvgIpc) is 3.20. The van der Waals surface area contributed by atoms with Crippen molar-refractivity contribution in [3.05, 3.63) is 47.5 Å². The molecule has 0 radical (unpaired) electrons. The predicted molar refractivity (Wildman–Crippen MR) is 102 cm³/mol. The largest absolute Gasteiger partial charge is 0.387 e. The summed E-state index contributed by atoms with van der Waals surface area (Å²) in [7, 11) is 0. The lowest BCUT2D eigenvalue weighted by molar-refractivity contribution is -0.127. The minimum absolute atomic E-state index is 0.128. The molecule has 6 heteroatoms. The Labute approximate surface area is 160 Å². The summed E-state index contributed by atoms with van der Waals surface area (Å²) in [5.74, 6) is 0.128. The summed E-state index contributed by atoms with van der Waals surface area (Å²) in [6.45, 7) is 5.95. The SMILES string of the molecule is CCCOCC1(C)CCC(Cc2ccc(Cl)cc2)C1(O)Cn1cncn1. The molecule has 1 saturated carbocycles. The molecule has 142 valence electrons. The van der Waals surface area contributed by atoms with E-state index in [9.17, 15) is 5.11 Å². The van der Waals surface area contributed by atoms with Gasteiger partial charge in [-0.1, -0.05) is 37.6 Å². The quantitative estimate of drug-likeness (QED) is 0.712. The molecule has 0 bridgehead atoms. The Kier molecular flexibility index (Phi) is 6.00. The third kappa shape index (κ3) is 3.95. The van der Waals surface area contributed by atoms with Crippen molar-refractivity contribution in [2.75, 3.05) is 13.2 Å². The van der Waals surface area contributed by atoms with E-state index in [2.05, 4.69) is 23.9 Å². The van der Waals surface area contributed by atoms with Gasteiger partial charge in [-0.15, -0.1) is 0 Å². The van der Waals surface area contributed by atoms with E-state index in [1.165, 1.54) is 11.9 Å². The van der Waals surface area contributed by atoms with Gasteiger partial charge in [0.15, 0.2) is 0 Å². The second kappa shape index (κ2) is 8.07. The highest BCUT2D eigenvalue weighted by Crippen LogP contribution is 2.52. The molecule has 1 aliphatic carbocycles. The van der Waals surface area contributed by atoms with Crippen LogP contribution in [0.25, 0.3) is 0 Å². The lowest BCUT2D eigenvalue weighted by atomic mass is 9.71. The summed E-state index contributed by atoms with van der Waals surface area (Å²) in [5.41, 5.74) is -0.0330. The van der Waals surface area contributed by atoms with Crippen LogP contribution in [0.5, 0.6) is 0 Å². The Bertz CT molecular complexity index is 692. The van der Waals surface area contributed by atoms with Crippen LogP contribution in [-0.2, 0) is 17.7 Å². The summed E-state index contributed by atoms with van der Waals surface area (Å²) in [6.07, 6.45) is 6.86. The highest BCUT2D eigenvalue weighted by molar-refractivity contribution is 6.30. The van der Waals surface area contributed by atoms with Gasteiger partial charge < -0.3 is 9.84 Å². The van der Waals surface area contributed by atoms with Crippen LogP contribution >= 0.6 is 11.6 Å². The molecule has 1 fully saturated rings. The van der Waals surface area contributed by atoms with Crippen LogP contribution < -0.4 is 0 Å². The summed E-state index contributed by atoms with van der Waals surface area (Å²) in [5, 5.41) is 16.8. The van der Waals surface area contributed by atoms with Crippen LogP contribution in [0.4, 0.5) is 0 Å². The van der Waals surface area contributed by atoms with Crippen molar-refractivity contribution < 1.29 is 9.84 Å². The molecule has 1 aliphatic rings. The first-order valence-electron chi connectivity index (χ1n) is 9.34. The van der Waals surface area contributed by atoms with Crippen molar-refractivity contribution in [3.63, 3.8) is 0 Å². The number of hydrogen-bond acceptors (Lipinski definition) is 4. The second-order valence-corrected chi connectivity index (χ2v) is 8.13. The average molecular weight is 378 g/mol. The van der Waals surface area contributed by atoms with E-state index >= 15 is 0 Å². The molecule has 0 saturated heterocycles. The number of halogens is 1. The van der Waals surface area contributed by atoms with Crippen molar-refractivity contribution in [2.45, 2.75) is 51.7 Å². The Morgan fingerprint density at radius 2 is 2.12 bits per heavy atom. The third-order valence-electron chi connectivity index (χ3n) is 5.80. The van der Waals surface area contributed by atoms with Crippen molar-refractivity contribution in [1.29, 1.82) is 0 Å². The molecule has 26 heavy (non-hydrogen) atoms. The van der Waals surface area contributed by atoms with E-state index in [-0.39, 0.29) is 11.3 Å². The van der Waals surface area contributed by atoms with Crippen LogP contribution in [-0.4, -0.2) is 38.7 Å². The van der Waals surface area contributed by atoms with Gasteiger partial charge in [0.25, 0.3) is 0 Å². The fraction of sp³-hybridized carbons (Fsp3) is 0.600. The Hall–Kier alpha value is -1.43. The first kappa shape index (κ1) is 19.3. The van der Waals surface area contributed by atoms with Gasteiger partial charge in [-0.05, 0) is 49.3 Å². The van der Waals surface area contributed by atoms with E-state index in [4.69, 9.17) is 16.3 Å². The maximum Gasteiger partial charge on any atom is 0.137 e. The first-order chi connectivity index (χ1) is 12.5. The van der Waals surface area contributed by atoms with Crippen molar-refractivity contribution in [3.8, 4) is 0 Å². The number of ether oxygens (including phenoxy) is 1. The van der Waals surface area contributed by atoms with Gasteiger partial charge in [0.1, 0.15) is 12.7 Å². The molecular formula is C20H28ClN3O2. The van der Waals surface area contributed by atoms with Crippen LogP contribution in [0.3, 0.4) is 0 Å². The van der Waals surface area contributed by atoms with Crippen molar-refractivity contribution in [1.82, 2.24) is 14.8 Å². The molecule has 0 amide bonds. The molecule has 0 spiro atoms. The van der Waals surface area contributed by atoms with Gasteiger partial charge in [-0.2, -0.15) is 5.10 Å². The molecular weight excluding hydrogens is 350 g/mol. The monoisotopic (exact) mass is 377 g/mol. The molecule has 1 heterocycles. The van der Waals surface area contributed by atoms with Crippen molar-refractivity contribution in [2.24, 2.45) is 11.3 Å². The third-order valence-corrected chi connectivity index (χ3v) is 6.05. The smallest absolute Gasteiger partial charge is 0.137 e. The van der Waals surface area contributed by atoms with E-state index < -0.39 is 5.60 Å². The standard InChI is InChI=1S/C20H28ClN3O2/c1-3-10-26-13-19(2)9-8-17(11-16-4-6-18(21)7-5-16)20(19,25)12-24-15-22-14-23-24/h4-7,14-15,17,25H,3,8-13H2,1-2H3. The van der Waals surface area contributed by atoms with Crippen LogP contribution in [0, 0.1) is 11.3 Å². The Balaban J connectivity index is 1.83. The number of benzene rings is 1. The van der Waals surface area contributed by atoms with Crippen LogP contribution in [0.15, 0.2) is 36.9 Å². The van der Waals surface area contributed by atoms with E-state index in [0.29, 0.717) is 13.2 Å². The van der Waals surface area contributed by atoms with E-state index in [0.717, 1.165) is 37.3 Å². The van der Waals surface area contributed by atoms with Gasteiger partial charge in [0.2, 0.25) is 0 Å². The molecule has 1 N–H and O–H groups in total. The topological polar surface area (TPSA) is 60.2 Å². The molecule has 1 aromatic heterocycles. The minimum Gasteiger partial charge on any atom is -0.387 e. The van der Waals surface area contributed by atoms with Gasteiger partial charge >= 0.3 is 0 Å². The fourth-order valence-electron chi connectivity index (χ4n) is 4.14. The second-order valence-electron chi connectivity index (χ2n) is 7.70. The number of rotatable bonds is 8. The Morgan fingerprint density at radius 3 is 2.77 bits per heavy atom. The zero-order chi connectivity index (χ0) is 18.6.